The van der Waals surface area contributed by atoms with Crippen LogP contribution in [0.25, 0.3) is 0 Å². The topological polar surface area (TPSA) is 35.6 Å². The average Bonchev–Trinajstić information content (AvgIpc) is 2.74. The number of hydrogen-bond donors (Lipinski definition) is 1. The van der Waals surface area contributed by atoms with Crippen molar-refractivity contribution in [1.82, 2.24) is 15.1 Å². The minimum absolute atomic E-state index is 0. The lowest BCUT2D eigenvalue weighted by atomic mass is 9.89. The van der Waals surface area contributed by atoms with Crippen LogP contribution in [0.1, 0.15) is 51.4 Å². The average molecular weight is 368 g/mol. The predicted molar refractivity (Wildman–Crippen MR) is 102 cm³/mol. The van der Waals surface area contributed by atoms with Gasteiger partial charge in [0.1, 0.15) is 0 Å². The maximum absolute atomic E-state index is 12.2. The summed E-state index contributed by atoms with van der Waals surface area (Å²) in [5.74, 6) is 1.27. The van der Waals surface area contributed by atoms with Crippen molar-refractivity contribution < 1.29 is 4.79 Å². The Morgan fingerprint density at radius 2 is 1.74 bits per heavy atom. The lowest BCUT2D eigenvalue weighted by molar-refractivity contribution is -0.131. The molecule has 23 heavy (non-hydrogen) atoms. The van der Waals surface area contributed by atoms with Crippen LogP contribution < -0.4 is 5.32 Å². The van der Waals surface area contributed by atoms with E-state index in [1.807, 2.05) is 7.05 Å². The van der Waals surface area contributed by atoms with Gasteiger partial charge in [-0.15, -0.1) is 24.8 Å². The van der Waals surface area contributed by atoms with Crippen molar-refractivity contribution in [2.24, 2.45) is 5.92 Å². The Kier molecular flexibility index (Phi) is 13.3. The number of carbonyl (C=O) groups is 1. The molecule has 1 amide bonds. The SMILES string of the molecule is CNCCCC(=O)N1CCCN(CC2CCCCC2)CC1.Cl.Cl. The first-order valence-corrected chi connectivity index (χ1v) is 8.94. The molecule has 2 rings (SSSR count). The first-order valence-electron chi connectivity index (χ1n) is 8.94. The standard InChI is InChI=1S/C17H33N3O.2ClH/c1-18-10-5-9-17(21)20-12-6-11-19(13-14-20)15-16-7-3-2-4-8-16;;/h16,18H,2-15H2,1H3;2*1H. The van der Waals surface area contributed by atoms with E-state index < -0.39 is 0 Å². The Balaban J connectivity index is 0.00000242. The molecule has 0 bridgehead atoms. The summed E-state index contributed by atoms with van der Waals surface area (Å²) in [5.41, 5.74) is 0. The van der Waals surface area contributed by atoms with Crippen molar-refractivity contribution in [1.29, 1.82) is 0 Å². The Morgan fingerprint density at radius 3 is 2.43 bits per heavy atom. The molecule has 1 N–H and O–H groups in total. The van der Waals surface area contributed by atoms with Crippen molar-refractivity contribution in [3.8, 4) is 0 Å². The van der Waals surface area contributed by atoms with Gasteiger partial charge in [-0.05, 0) is 51.7 Å². The van der Waals surface area contributed by atoms with Crippen molar-refractivity contribution in [3.63, 3.8) is 0 Å². The largest absolute Gasteiger partial charge is 0.341 e. The summed E-state index contributed by atoms with van der Waals surface area (Å²) in [6.45, 7) is 6.35. The molecule has 0 unspecified atom stereocenters. The number of rotatable bonds is 6. The molecule has 1 saturated carbocycles. The minimum atomic E-state index is 0. The fourth-order valence-corrected chi connectivity index (χ4v) is 3.71. The van der Waals surface area contributed by atoms with E-state index >= 15 is 0 Å². The zero-order valence-corrected chi connectivity index (χ0v) is 16.2. The predicted octanol–water partition coefficient (Wildman–Crippen LogP) is 2.94. The number of nitrogens with one attached hydrogen (secondary N) is 1. The van der Waals surface area contributed by atoms with Crippen LogP contribution in [0.5, 0.6) is 0 Å². The van der Waals surface area contributed by atoms with E-state index in [0.717, 1.165) is 44.9 Å². The first-order chi connectivity index (χ1) is 10.3. The van der Waals surface area contributed by atoms with E-state index in [2.05, 4.69) is 15.1 Å². The molecule has 0 aromatic carbocycles. The van der Waals surface area contributed by atoms with E-state index in [1.54, 1.807) is 0 Å². The number of nitrogens with zero attached hydrogens (tertiary/aromatic N) is 2. The Hall–Kier alpha value is -0.0300. The highest BCUT2D eigenvalue weighted by Gasteiger charge is 2.21. The van der Waals surface area contributed by atoms with Gasteiger partial charge >= 0.3 is 0 Å². The molecule has 0 aromatic heterocycles. The van der Waals surface area contributed by atoms with E-state index in [1.165, 1.54) is 45.2 Å². The number of carbonyl (C=O) groups excluding carboxylic acids is 1. The van der Waals surface area contributed by atoms with Crippen LogP contribution in [0, 0.1) is 5.92 Å². The highest BCUT2D eigenvalue weighted by atomic mass is 35.5. The minimum Gasteiger partial charge on any atom is -0.341 e. The van der Waals surface area contributed by atoms with Gasteiger partial charge in [0.05, 0.1) is 0 Å². The Morgan fingerprint density at radius 1 is 1.00 bits per heavy atom. The zero-order valence-electron chi connectivity index (χ0n) is 14.6. The Bertz CT molecular complexity index is 312. The summed E-state index contributed by atoms with van der Waals surface area (Å²) < 4.78 is 0. The smallest absolute Gasteiger partial charge is 0.222 e. The van der Waals surface area contributed by atoms with Gasteiger partial charge in [0, 0.05) is 32.6 Å². The van der Waals surface area contributed by atoms with Crippen molar-refractivity contribution >= 4 is 30.7 Å². The molecule has 0 atom stereocenters. The van der Waals surface area contributed by atoms with Crippen LogP contribution in [0.4, 0.5) is 0 Å². The second-order valence-corrected chi connectivity index (χ2v) is 6.75. The van der Waals surface area contributed by atoms with Crippen LogP contribution in [-0.4, -0.2) is 62.0 Å². The van der Waals surface area contributed by atoms with Crippen molar-refractivity contribution in [2.45, 2.75) is 51.4 Å². The molecule has 2 aliphatic rings. The maximum atomic E-state index is 12.2. The summed E-state index contributed by atoms with van der Waals surface area (Å²) in [6, 6.07) is 0. The molecule has 1 heterocycles. The summed E-state index contributed by atoms with van der Waals surface area (Å²) >= 11 is 0. The quantitative estimate of drug-likeness (QED) is 0.733. The highest BCUT2D eigenvalue weighted by Crippen LogP contribution is 2.24. The van der Waals surface area contributed by atoms with Gasteiger partial charge in [-0.3, -0.25) is 4.79 Å². The summed E-state index contributed by atoms with van der Waals surface area (Å²) in [5, 5.41) is 3.11. The number of hydrogen-bond acceptors (Lipinski definition) is 3. The second kappa shape index (κ2) is 13.3. The van der Waals surface area contributed by atoms with E-state index in [0.29, 0.717) is 12.3 Å². The van der Waals surface area contributed by atoms with Gasteiger partial charge in [0.2, 0.25) is 5.91 Å². The van der Waals surface area contributed by atoms with Crippen LogP contribution >= 0.6 is 24.8 Å². The lowest BCUT2D eigenvalue weighted by Crippen LogP contribution is -2.37. The summed E-state index contributed by atoms with van der Waals surface area (Å²) in [7, 11) is 1.94. The molecular weight excluding hydrogens is 333 g/mol. The van der Waals surface area contributed by atoms with E-state index in [9.17, 15) is 4.79 Å². The van der Waals surface area contributed by atoms with Crippen LogP contribution in [0.3, 0.4) is 0 Å². The third-order valence-corrected chi connectivity index (χ3v) is 5.00. The fraction of sp³-hybridized carbons (Fsp3) is 0.941. The van der Waals surface area contributed by atoms with E-state index in [-0.39, 0.29) is 24.8 Å². The highest BCUT2D eigenvalue weighted by molar-refractivity contribution is 5.85. The summed E-state index contributed by atoms with van der Waals surface area (Å²) in [6.07, 6.45) is 9.92. The van der Waals surface area contributed by atoms with Gasteiger partial charge in [0.25, 0.3) is 0 Å². The van der Waals surface area contributed by atoms with Gasteiger partial charge in [-0.1, -0.05) is 19.3 Å². The zero-order chi connectivity index (χ0) is 14.9. The first kappa shape index (κ1) is 23.0. The fourth-order valence-electron chi connectivity index (χ4n) is 3.71. The van der Waals surface area contributed by atoms with Gasteiger partial charge in [-0.2, -0.15) is 0 Å². The van der Waals surface area contributed by atoms with Gasteiger partial charge in [0.15, 0.2) is 0 Å². The van der Waals surface area contributed by atoms with Gasteiger partial charge < -0.3 is 15.1 Å². The second-order valence-electron chi connectivity index (χ2n) is 6.75. The molecule has 0 radical (unpaired) electrons. The monoisotopic (exact) mass is 367 g/mol. The Labute approximate surface area is 154 Å². The van der Waals surface area contributed by atoms with Crippen LogP contribution in [-0.2, 0) is 4.79 Å². The summed E-state index contributed by atoms with van der Waals surface area (Å²) in [4.78, 5) is 16.9. The molecule has 4 nitrogen and oxygen atoms in total. The molecule has 1 saturated heterocycles. The maximum Gasteiger partial charge on any atom is 0.222 e. The number of amides is 1. The third-order valence-electron chi connectivity index (χ3n) is 5.00. The van der Waals surface area contributed by atoms with Crippen molar-refractivity contribution in [2.75, 3.05) is 46.3 Å². The molecule has 1 aliphatic carbocycles. The third kappa shape index (κ3) is 8.57. The molecule has 0 spiro atoms. The molecule has 6 heteroatoms. The normalized spacial score (nSPS) is 20.3. The van der Waals surface area contributed by atoms with Crippen molar-refractivity contribution in [3.05, 3.63) is 0 Å². The van der Waals surface area contributed by atoms with E-state index in [4.69, 9.17) is 0 Å². The van der Waals surface area contributed by atoms with Crippen LogP contribution in [0.2, 0.25) is 0 Å². The molecule has 1 aliphatic heterocycles. The van der Waals surface area contributed by atoms with Crippen LogP contribution in [0.15, 0.2) is 0 Å². The lowest BCUT2D eigenvalue weighted by Gasteiger charge is -2.28. The molecule has 2 fully saturated rings. The number of halogens is 2. The molecule has 0 aromatic rings. The molecule has 138 valence electrons. The van der Waals surface area contributed by atoms with Gasteiger partial charge in [-0.25, -0.2) is 0 Å². The molecular formula is C17H35Cl2N3O.